The number of hydrogen-bond acceptors (Lipinski definition) is 5. The second-order valence-corrected chi connectivity index (χ2v) is 8.11. The number of halogens is 1. The van der Waals surface area contributed by atoms with Crippen molar-refractivity contribution in [3.63, 3.8) is 0 Å². The Kier molecular flexibility index (Phi) is 7.47. The summed E-state index contributed by atoms with van der Waals surface area (Å²) in [5.74, 6) is -0.360. The lowest BCUT2D eigenvalue weighted by Crippen LogP contribution is -2.53. The van der Waals surface area contributed by atoms with Gasteiger partial charge in [-0.1, -0.05) is 30.3 Å². The van der Waals surface area contributed by atoms with Crippen LogP contribution in [0.4, 0.5) is 10.1 Å². The second kappa shape index (κ2) is 10.7. The normalized spacial score (nSPS) is 18.8. The van der Waals surface area contributed by atoms with Crippen LogP contribution in [0.2, 0.25) is 0 Å². The van der Waals surface area contributed by atoms with Crippen molar-refractivity contribution in [3.05, 3.63) is 66.0 Å². The Labute approximate surface area is 187 Å². The molecule has 8 heteroatoms. The predicted molar refractivity (Wildman–Crippen MR) is 120 cm³/mol. The Morgan fingerprint density at radius 3 is 2.22 bits per heavy atom. The van der Waals surface area contributed by atoms with Gasteiger partial charge in [0.15, 0.2) is 0 Å². The van der Waals surface area contributed by atoms with Crippen LogP contribution < -0.4 is 5.32 Å². The summed E-state index contributed by atoms with van der Waals surface area (Å²) in [7, 11) is 0. The molecule has 2 saturated heterocycles. The fourth-order valence-corrected chi connectivity index (χ4v) is 4.19. The molecule has 0 spiro atoms. The van der Waals surface area contributed by atoms with Crippen LogP contribution in [-0.2, 0) is 14.3 Å². The Morgan fingerprint density at radius 2 is 1.56 bits per heavy atom. The number of rotatable bonds is 6. The molecular formula is C24H29FN4O3. The molecule has 0 bridgehead atoms. The molecule has 1 N–H and O–H groups in total. The highest BCUT2D eigenvalue weighted by molar-refractivity contribution is 5.95. The first-order valence-corrected chi connectivity index (χ1v) is 11.0. The maximum Gasteiger partial charge on any atom is 0.246 e. The summed E-state index contributed by atoms with van der Waals surface area (Å²) >= 11 is 0. The second-order valence-electron chi connectivity index (χ2n) is 8.11. The van der Waals surface area contributed by atoms with Crippen molar-refractivity contribution in [2.24, 2.45) is 0 Å². The summed E-state index contributed by atoms with van der Waals surface area (Å²) < 4.78 is 18.5. The summed E-state index contributed by atoms with van der Waals surface area (Å²) in [5.41, 5.74) is 1.47. The van der Waals surface area contributed by atoms with Gasteiger partial charge in [-0.05, 0) is 29.8 Å². The van der Waals surface area contributed by atoms with E-state index in [0.29, 0.717) is 64.7 Å². The third kappa shape index (κ3) is 5.70. The fourth-order valence-electron chi connectivity index (χ4n) is 4.19. The molecule has 2 aliphatic heterocycles. The van der Waals surface area contributed by atoms with Crippen LogP contribution in [0.25, 0.3) is 0 Å². The summed E-state index contributed by atoms with van der Waals surface area (Å²) in [4.78, 5) is 31.9. The van der Waals surface area contributed by atoms with Gasteiger partial charge in [-0.3, -0.25) is 19.4 Å². The van der Waals surface area contributed by atoms with Crippen LogP contribution in [0.5, 0.6) is 0 Å². The molecule has 2 amide bonds. The van der Waals surface area contributed by atoms with E-state index in [0.717, 1.165) is 5.56 Å². The third-order valence-electron chi connectivity index (χ3n) is 5.97. The number of hydrogen-bond donors (Lipinski definition) is 1. The predicted octanol–water partition coefficient (Wildman–Crippen LogP) is 1.98. The zero-order valence-electron chi connectivity index (χ0n) is 18.1. The number of morpholine rings is 1. The number of ether oxygens (including phenoxy) is 1. The highest BCUT2D eigenvalue weighted by atomic mass is 19.1. The Balaban J connectivity index is 1.39. The smallest absolute Gasteiger partial charge is 0.246 e. The number of carbonyl (C=O) groups is 2. The van der Waals surface area contributed by atoms with E-state index in [1.807, 2.05) is 35.2 Å². The van der Waals surface area contributed by atoms with Crippen LogP contribution in [0, 0.1) is 5.82 Å². The molecule has 0 radical (unpaired) electrons. The average Bonchev–Trinajstić information content (AvgIpc) is 2.83. The molecule has 2 fully saturated rings. The van der Waals surface area contributed by atoms with Crippen molar-refractivity contribution < 1.29 is 18.7 Å². The first-order valence-electron chi connectivity index (χ1n) is 11.0. The number of amides is 2. The van der Waals surface area contributed by atoms with E-state index >= 15 is 0 Å². The van der Waals surface area contributed by atoms with Crippen LogP contribution in [0.15, 0.2) is 54.6 Å². The number of nitrogens with zero attached hydrogens (tertiary/aromatic N) is 3. The lowest BCUT2D eigenvalue weighted by molar-refractivity contribution is -0.137. The summed E-state index contributed by atoms with van der Waals surface area (Å²) in [6, 6.07) is 15.0. The van der Waals surface area contributed by atoms with Crippen molar-refractivity contribution in [1.29, 1.82) is 0 Å². The van der Waals surface area contributed by atoms with E-state index in [1.54, 1.807) is 12.1 Å². The zero-order chi connectivity index (χ0) is 22.3. The minimum Gasteiger partial charge on any atom is -0.378 e. The molecule has 0 aliphatic carbocycles. The van der Waals surface area contributed by atoms with Crippen LogP contribution in [0.3, 0.4) is 0 Å². The molecule has 4 rings (SSSR count). The first kappa shape index (κ1) is 22.4. The van der Waals surface area contributed by atoms with Crippen molar-refractivity contribution in [2.75, 3.05) is 64.3 Å². The van der Waals surface area contributed by atoms with Gasteiger partial charge in [0.25, 0.3) is 0 Å². The molecular weight excluding hydrogens is 411 g/mol. The SMILES string of the molecule is O=C(Nc1ccc(F)cc1)[C@H](c1ccccc1)N1CCN(CC(=O)N2CCOCC2)CC1. The molecule has 1 atom stereocenters. The highest BCUT2D eigenvalue weighted by Gasteiger charge is 2.31. The lowest BCUT2D eigenvalue weighted by Gasteiger charge is -2.39. The molecule has 2 aromatic rings. The standard InChI is InChI=1S/C24H29FN4O3/c25-20-6-8-21(9-7-20)26-24(31)23(19-4-2-1-3-5-19)29-12-10-27(11-13-29)18-22(30)28-14-16-32-17-15-28/h1-9,23H,10-18H2,(H,26,31)/t23-/m0/s1. The molecule has 32 heavy (non-hydrogen) atoms. The maximum absolute atomic E-state index is 13.2. The van der Waals surface area contributed by atoms with E-state index in [4.69, 9.17) is 4.74 Å². The Hall–Kier alpha value is -2.81. The van der Waals surface area contributed by atoms with E-state index in [2.05, 4.69) is 15.1 Å². The van der Waals surface area contributed by atoms with E-state index in [-0.39, 0.29) is 17.6 Å². The van der Waals surface area contributed by atoms with Gasteiger partial charge in [0.05, 0.1) is 19.8 Å². The molecule has 2 heterocycles. The minimum absolute atomic E-state index is 0.135. The molecule has 170 valence electrons. The summed E-state index contributed by atoms with van der Waals surface area (Å²) in [5, 5.41) is 2.92. The quantitative estimate of drug-likeness (QED) is 0.744. The average molecular weight is 441 g/mol. The zero-order valence-corrected chi connectivity index (χ0v) is 18.1. The number of piperazine rings is 1. The van der Waals surface area contributed by atoms with Gasteiger partial charge < -0.3 is 15.0 Å². The lowest BCUT2D eigenvalue weighted by atomic mass is 10.0. The van der Waals surface area contributed by atoms with Gasteiger partial charge in [-0.15, -0.1) is 0 Å². The number of nitrogens with one attached hydrogen (secondary N) is 1. The van der Waals surface area contributed by atoms with Crippen molar-refractivity contribution in [3.8, 4) is 0 Å². The molecule has 0 aromatic heterocycles. The Morgan fingerprint density at radius 1 is 0.906 bits per heavy atom. The highest BCUT2D eigenvalue weighted by Crippen LogP contribution is 2.24. The molecule has 0 saturated carbocycles. The third-order valence-corrected chi connectivity index (χ3v) is 5.97. The van der Waals surface area contributed by atoms with Crippen molar-refractivity contribution in [1.82, 2.24) is 14.7 Å². The number of benzene rings is 2. The van der Waals surface area contributed by atoms with E-state index in [1.165, 1.54) is 12.1 Å². The van der Waals surface area contributed by atoms with Crippen molar-refractivity contribution >= 4 is 17.5 Å². The van der Waals surface area contributed by atoms with Gasteiger partial charge in [0.2, 0.25) is 11.8 Å². The summed E-state index contributed by atoms with van der Waals surface area (Å²) in [6.07, 6.45) is 0. The van der Waals surface area contributed by atoms with Gasteiger partial charge in [0.1, 0.15) is 11.9 Å². The van der Waals surface area contributed by atoms with Crippen LogP contribution in [-0.4, -0.2) is 85.5 Å². The topological polar surface area (TPSA) is 65.1 Å². The van der Waals surface area contributed by atoms with E-state index in [9.17, 15) is 14.0 Å². The maximum atomic E-state index is 13.2. The van der Waals surface area contributed by atoms with Gasteiger partial charge >= 0.3 is 0 Å². The van der Waals surface area contributed by atoms with Crippen LogP contribution >= 0.6 is 0 Å². The number of carbonyl (C=O) groups excluding carboxylic acids is 2. The largest absolute Gasteiger partial charge is 0.378 e. The summed E-state index contributed by atoms with van der Waals surface area (Å²) in [6.45, 7) is 5.66. The van der Waals surface area contributed by atoms with E-state index < -0.39 is 6.04 Å². The first-order chi connectivity index (χ1) is 15.6. The van der Waals surface area contributed by atoms with Gasteiger partial charge in [-0.2, -0.15) is 0 Å². The monoisotopic (exact) mass is 440 g/mol. The van der Waals surface area contributed by atoms with Crippen molar-refractivity contribution in [2.45, 2.75) is 6.04 Å². The molecule has 0 unspecified atom stereocenters. The molecule has 2 aliphatic rings. The fraction of sp³-hybridized carbons (Fsp3) is 0.417. The molecule has 7 nitrogen and oxygen atoms in total. The van der Waals surface area contributed by atoms with Gasteiger partial charge in [0, 0.05) is 45.0 Å². The van der Waals surface area contributed by atoms with Gasteiger partial charge in [-0.25, -0.2) is 4.39 Å². The van der Waals surface area contributed by atoms with Crippen LogP contribution in [0.1, 0.15) is 11.6 Å². The Bertz CT molecular complexity index is 895. The molecule has 2 aromatic carbocycles. The minimum atomic E-state index is -0.460. The number of anilines is 1.